The molecule has 2 nitrogen and oxygen atoms in total. The molecule has 1 rings (SSSR count). The van der Waals surface area contributed by atoms with E-state index in [2.05, 4.69) is 4.99 Å². The molecular formula is C11H10F3NO. The summed E-state index contributed by atoms with van der Waals surface area (Å²) in [4.78, 5) is 13.6. The van der Waals surface area contributed by atoms with Gasteiger partial charge in [0, 0.05) is 0 Å². The van der Waals surface area contributed by atoms with Crippen LogP contribution in [-0.2, 0) is 16.5 Å². The molecule has 0 fully saturated rings. The molecule has 0 bridgehead atoms. The monoisotopic (exact) mass is 229 g/mol. The van der Waals surface area contributed by atoms with Crippen molar-refractivity contribution in [2.24, 2.45) is 4.99 Å². The van der Waals surface area contributed by atoms with E-state index in [9.17, 15) is 18.0 Å². The maximum atomic E-state index is 12.4. The highest BCUT2D eigenvalue weighted by molar-refractivity contribution is 5.38. The highest BCUT2D eigenvalue weighted by Crippen LogP contribution is 2.32. The summed E-state index contributed by atoms with van der Waals surface area (Å²) in [5, 5.41) is 0. The predicted octanol–water partition coefficient (Wildman–Crippen LogP) is 3.28. The summed E-state index contributed by atoms with van der Waals surface area (Å²) in [6.45, 7) is 3.10. The van der Waals surface area contributed by atoms with Crippen molar-refractivity contribution in [1.29, 1.82) is 0 Å². The Hall–Kier alpha value is -1.61. The highest BCUT2D eigenvalue weighted by atomic mass is 19.4. The second kappa shape index (κ2) is 4.10. The topological polar surface area (TPSA) is 29.4 Å². The first-order chi connectivity index (χ1) is 7.27. The zero-order chi connectivity index (χ0) is 12.4. The first-order valence-electron chi connectivity index (χ1n) is 4.54. The summed E-state index contributed by atoms with van der Waals surface area (Å²) in [6.07, 6.45) is -3.03. The molecule has 5 heteroatoms. The number of isocyanates is 1. The number of nitrogens with zero attached hydrogens (tertiary/aromatic N) is 1. The standard InChI is InChI=1S/C11H10F3NO/c1-10(2,15-7-16)8-4-3-5-9(6-8)11(12,13)14/h3-6H,1-2H3. The molecule has 1 aromatic rings. The first-order valence-corrected chi connectivity index (χ1v) is 4.54. The smallest absolute Gasteiger partial charge is 0.211 e. The fourth-order valence-electron chi connectivity index (χ4n) is 1.25. The van der Waals surface area contributed by atoms with Gasteiger partial charge in [0.25, 0.3) is 0 Å². The Bertz CT molecular complexity index is 431. The van der Waals surface area contributed by atoms with Crippen LogP contribution in [0.25, 0.3) is 0 Å². The lowest BCUT2D eigenvalue weighted by Crippen LogP contribution is -2.15. The Morgan fingerprint density at radius 2 is 1.75 bits per heavy atom. The number of alkyl halides is 3. The van der Waals surface area contributed by atoms with Gasteiger partial charge in [0.1, 0.15) is 0 Å². The van der Waals surface area contributed by atoms with Crippen LogP contribution in [0.4, 0.5) is 13.2 Å². The van der Waals surface area contributed by atoms with Crippen molar-refractivity contribution in [2.45, 2.75) is 25.6 Å². The lowest BCUT2D eigenvalue weighted by atomic mass is 9.93. The number of rotatable bonds is 2. The average Bonchev–Trinajstić information content (AvgIpc) is 2.16. The van der Waals surface area contributed by atoms with Crippen LogP contribution in [0, 0.1) is 0 Å². The van der Waals surface area contributed by atoms with Crippen LogP contribution < -0.4 is 0 Å². The van der Waals surface area contributed by atoms with Crippen LogP contribution in [-0.4, -0.2) is 6.08 Å². The Morgan fingerprint density at radius 1 is 1.19 bits per heavy atom. The minimum Gasteiger partial charge on any atom is -0.211 e. The Labute approximate surface area is 90.8 Å². The molecule has 16 heavy (non-hydrogen) atoms. The Morgan fingerprint density at radius 3 is 2.25 bits per heavy atom. The summed E-state index contributed by atoms with van der Waals surface area (Å²) in [5.74, 6) is 0. The average molecular weight is 229 g/mol. The molecule has 0 heterocycles. The number of hydrogen-bond acceptors (Lipinski definition) is 2. The van der Waals surface area contributed by atoms with Crippen molar-refractivity contribution in [3.63, 3.8) is 0 Å². The molecular weight excluding hydrogens is 219 g/mol. The van der Waals surface area contributed by atoms with Crippen LogP contribution in [0.3, 0.4) is 0 Å². The van der Waals surface area contributed by atoms with Gasteiger partial charge in [0.15, 0.2) is 0 Å². The largest absolute Gasteiger partial charge is 0.416 e. The molecule has 0 atom stereocenters. The molecule has 0 spiro atoms. The van der Waals surface area contributed by atoms with Gasteiger partial charge in [-0.25, -0.2) is 4.79 Å². The molecule has 0 aliphatic rings. The molecule has 1 aromatic carbocycles. The highest BCUT2D eigenvalue weighted by Gasteiger charge is 2.32. The van der Waals surface area contributed by atoms with Gasteiger partial charge in [-0.1, -0.05) is 12.1 Å². The summed E-state index contributed by atoms with van der Waals surface area (Å²) in [6, 6.07) is 4.75. The number of aliphatic imine (C=N–C) groups is 1. The van der Waals surface area contributed by atoms with Gasteiger partial charge in [-0.3, -0.25) is 0 Å². The number of hydrogen-bond donors (Lipinski definition) is 0. The molecule has 0 aliphatic heterocycles. The lowest BCUT2D eigenvalue weighted by molar-refractivity contribution is -0.137. The third-order valence-electron chi connectivity index (χ3n) is 2.22. The SMILES string of the molecule is CC(C)(N=C=O)c1cccc(C(F)(F)F)c1. The molecule has 0 radical (unpaired) electrons. The van der Waals surface area contributed by atoms with Crippen LogP contribution >= 0.6 is 0 Å². The van der Waals surface area contributed by atoms with E-state index in [1.165, 1.54) is 18.2 Å². The van der Waals surface area contributed by atoms with Crippen molar-refractivity contribution < 1.29 is 18.0 Å². The van der Waals surface area contributed by atoms with Gasteiger partial charge < -0.3 is 0 Å². The van der Waals surface area contributed by atoms with Crippen molar-refractivity contribution in [3.05, 3.63) is 35.4 Å². The van der Waals surface area contributed by atoms with E-state index in [4.69, 9.17) is 0 Å². The number of halogens is 3. The number of benzene rings is 1. The van der Waals surface area contributed by atoms with Gasteiger partial charge in [-0.2, -0.15) is 18.2 Å². The van der Waals surface area contributed by atoms with Crippen LogP contribution in [0.1, 0.15) is 25.0 Å². The third-order valence-corrected chi connectivity index (χ3v) is 2.22. The molecule has 0 amide bonds. The minimum absolute atomic E-state index is 0.325. The second-order valence-electron chi connectivity index (χ2n) is 3.84. The molecule has 0 unspecified atom stereocenters. The van der Waals surface area contributed by atoms with Crippen LogP contribution in [0.2, 0.25) is 0 Å². The number of carbonyl (C=O) groups excluding carboxylic acids is 1. The third kappa shape index (κ3) is 2.70. The van der Waals surface area contributed by atoms with Crippen molar-refractivity contribution >= 4 is 6.08 Å². The van der Waals surface area contributed by atoms with Crippen LogP contribution in [0.15, 0.2) is 29.3 Å². The summed E-state index contributed by atoms with van der Waals surface area (Å²) in [5.41, 5.74) is -1.42. The summed E-state index contributed by atoms with van der Waals surface area (Å²) in [7, 11) is 0. The van der Waals surface area contributed by atoms with Gasteiger partial charge >= 0.3 is 6.18 Å². The van der Waals surface area contributed by atoms with E-state index in [1.807, 2.05) is 0 Å². The van der Waals surface area contributed by atoms with Crippen LogP contribution in [0.5, 0.6) is 0 Å². The zero-order valence-corrected chi connectivity index (χ0v) is 8.80. The fraction of sp³-hybridized carbons (Fsp3) is 0.364. The van der Waals surface area contributed by atoms with E-state index in [0.717, 1.165) is 12.1 Å². The van der Waals surface area contributed by atoms with E-state index < -0.39 is 17.3 Å². The lowest BCUT2D eigenvalue weighted by Gasteiger charge is -2.19. The van der Waals surface area contributed by atoms with E-state index in [1.54, 1.807) is 13.8 Å². The predicted molar refractivity (Wildman–Crippen MR) is 52.6 cm³/mol. The molecule has 0 saturated heterocycles. The molecule has 0 aromatic heterocycles. The maximum absolute atomic E-state index is 12.4. The first kappa shape index (κ1) is 12.5. The zero-order valence-electron chi connectivity index (χ0n) is 8.80. The molecule has 0 N–H and O–H groups in total. The maximum Gasteiger partial charge on any atom is 0.416 e. The molecule has 86 valence electrons. The van der Waals surface area contributed by atoms with E-state index >= 15 is 0 Å². The Kier molecular flexibility index (Phi) is 3.19. The van der Waals surface area contributed by atoms with Gasteiger partial charge in [-0.15, -0.1) is 0 Å². The minimum atomic E-state index is -4.39. The van der Waals surface area contributed by atoms with Crippen molar-refractivity contribution in [2.75, 3.05) is 0 Å². The second-order valence-corrected chi connectivity index (χ2v) is 3.84. The Balaban J connectivity index is 3.23. The van der Waals surface area contributed by atoms with E-state index in [-0.39, 0.29) is 0 Å². The van der Waals surface area contributed by atoms with Crippen molar-refractivity contribution in [1.82, 2.24) is 0 Å². The molecule has 0 aliphatic carbocycles. The van der Waals surface area contributed by atoms with E-state index in [0.29, 0.717) is 5.56 Å². The van der Waals surface area contributed by atoms with Gasteiger partial charge in [0.2, 0.25) is 6.08 Å². The van der Waals surface area contributed by atoms with Gasteiger partial charge in [-0.05, 0) is 31.5 Å². The fourth-order valence-corrected chi connectivity index (χ4v) is 1.25. The summed E-state index contributed by atoms with van der Waals surface area (Å²) < 4.78 is 37.3. The molecule has 0 saturated carbocycles. The van der Waals surface area contributed by atoms with Gasteiger partial charge in [0.05, 0.1) is 11.1 Å². The quantitative estimate of drug-likeness (QED) is 0.565. The normalized spacial score (nSPS) is 12.1. The summed E-state index contributed by atoms with van der Waals surface area (Å²) >= 11 is 0. The van der Waals surface area contributed by atoms with Crippen molar-refractivity contribution in [3.8, 4) is 0 Å².